The molecule has 3 nitrogen and oxygen atoms in total. The average molecular weight is 310 g/mol. The third kappa shape index (κ3) is 3.02. The molecule has 0 bridgehead atoms. The van der Waals surface area contributed by atoms with E-state index in [2.05, 4.69) is 24.1 Å². The quantitative estimate of drug-likeness (QED) is 0.741. The first-order valence-corrected chi connectivity index (χ1v) is 8.13. The van der Waals surface area contributed by atoms with E-state index in [4.69, 9.17) is 0 Å². The Morgan fingerprint density at radius 3 is 2.55 bits per heavy atom. The summed E-state index contributed by atoms with van der Waals surface area (Å²) in [6.07, 6.45) is 0. The predicted octanol–water partition coefficient (Wildman–Crippen LogP) is 4.98. The highest BCUT2D eigenvalue weighted by Crippen LogP contribution is 2.25. The van der Waals surface area contributed by atoms with Crippen LogP contribution in [0.4, 0.5) is 5.69 Å². The summed E-state index contributed by atoms with van der Waals surface area (Å²) in [5.74, 6) is 0.380. The molecule has 0 spiro atoms. The molecule has 0 aliphatic heterocycles. The molecule has 3 rings (SSSR count). The van der Waals surface area contributed by atoms with Gasteiger partial charge in [0.1, 0.15) is 0 Å². The maximum atomic E-state index is 12.3. The smallest absolute Gasteiger partial charge is 0.255 e. The number of hydrogen-bond acceptors (Lipinski definition) is 3. The van der Waals surface area contributed by atoms with Crippen molar-refractivity contribution in [3.05, 3.63) is 58.6 Å². The van der Waals surface area contributed by atoms with Crippen LogP contribution in [0.5, 0.6) is 0 Å². The highest BCUT2D eigenvalue weighted by molar-refractivity contribution is 7.18. The number of rotatable bonds is 3. The molecule has 4 heteroatoms. The first-order chi connectivity index (χ1) is 10.5. The molecule has 22 heavy (non-hydrogen) atoms. The van der Waals surface area contributed by atoms with Gasteiger partial charge in [0.25, 0.3) is 5.91 Å². The van der Waals surface area contributed by atoms with E-state index < -0.39 is 0 Å². The first-order valence-electron chi connectivity index (χ1n) is 7.31. The molecule has 1 aromatic heterocycles. The fourth-order valence-corrected chi connectivity index (χ4v) is 3.21. The second-order valence-electron chi connectivity index (χ2n) is 5.65. The second-order valence-corrected chi connectivity index (χ2v) is 6.88. The molecule has 0 atom stereocenters. The Morgan fingerprint density at radius 1 is 1.14 bits per heavy atom. The fourth-order valence-electron chi connectivity index (χ4n) is 2.34. The van der Waals surface area contributed by atoms with Crippen LogP contribution in [0.15, 0.2) is 42.5 Å². The Labute approximate surface area is 134 Å². The number of carbonyl (C=O) groups is 1. The van der Waals surface area contributed by atoms with Gasteiger partial charge in [0.15, 0.2) is 0 Å². The van der Waals surface area contributed by atoms with Gasteiger partial charge >= 0.3 is 0 Å². The predicted molar refractivity (Wildman–Crippen MR) is 92.8 cm³/mol. The van der Waals surface area contributed by atoms with Crippen molar-refractivity contribution in [2.24, 2.45) is 0 Å². The maximum absolute atomic E-state index is 12.3. The molecule has 1 N–H and O–H groups in total. The van der Waals surface area contributed by atoms with E-state index >= 15 is 0 Å². The molecule has 0 radical (unpaired) electrons. The van der Waals surface area contributed by atoms with Gasteiger partial charge in [-0.05, 0) is 48.7 Å². The zero-order chi connectivity index (χ0) is 15.7. The molecule has 0 aliphatic carbocycles. The summed E-state index contributed by atoms with van der Waals surface area (Å²) in [5, 5.41) is 3.98. The van der Waals surface area contributed by atoms with Gasteiger partial charge in [-0.3, -0.25) is 4.79 Å². The summed E-state index contributed by atoms with van der Waals surface area (Å²) < 4.78 is 1.09. The molecule has 1 heterocycles. The largest absolute Gasteiger partial charge is 0.322 e. The highest BCUT2D eigenvalue weighted by atomic mass is 32.1. The van der Waals surface area contributed by atoms with Gasteiger partial charge in [0, 0.05) is 11.3 Å². The average Bonchev–Trinajstić information content (AvgIpc) is 2.86. The van der Waals surface area contributed by atoms with Crippen LogP contribution in [0.2, 0.25) is 0 Å². The van der Waals surface area contributed by atoms with E-state index in [1.54, 1.807) is 11.3 Å². The number of amides is 1. The lowest BCUT2D eigenvalue weighted by molar-refractivity contribution is 0.102. The third-order valence-electron chi connectivity index (χ3n) is 3.59. The lowest BCUT2D eigenvalue weighted by Gasteiger charge is -2.08. The number of nitrogens with one attached hydrogen (secondary N) is 1. The van der Waals surface area contributed by atoms with E-state index in [9.17, 15) is 4.79 Å². The lowest BCUT2D eigenvalue weighted by Crippen LogP contribution is -2.11. The normalized spacial score (nSPS) is 11.1. The summed E-state index contributed by atoms with van der Waals surface area (Å²) in [7, 11) is 0. The monoisotopic (exact) mass is 310 g/mol. The van der Waals surface area contributed by atoms with Crippen LogP contribution < -0.4 is 5.32 Å². The van der Waals surface area contributed by atoms with Crippen LogP contribution in [0.1, 0.15) is 40.7 Å². The number of benzene rings is 2. The second kappa shape index (κ2) is 5.89. The van der Waals surface area contributed by atoms with E-state index in [1.165, 1.54) is 5.56 Å². The maximum Gasteiger partial charge on any atom is 0.255 e. The van der Waals surface area contributed by atoms with Crippen molar-refractivity contribution >= 4 is 33.1 Å². The minimum atomic E-state index is -0.0871. The van der Waals surface area contributed by atoms with Crippen LogP contribution in [0.3, 0.4) is 0 Å². The lowest BCUT2D eigenvalue weighted by atomic mass is 10.0. The van der Waals surface area contributed by atoms with Crippen molar-refractivity contribution < 1.29 is 4.79 Å². The van der Waals surface area contributed by atoms with E-state index in [1.807, 2.05) is 49.4 Å². The molecule has 0 saturated carbocycles. The first kappa shape index (κ1) is 14.7. The molecule has 112 valence electrons. The van der Waals surface area contributed by atoms with Crippen molar-refractivity contribution in [2.45, 2.75) is 26.7 Å². The molecule has 3 aromatic rings. The molecule has 1 amide bonds. The summed E-state index contributed by atoms with van der Waals surface area (Å²) in [4.78, 5) is 16.7. The molecule has 0 fully saturated rings. The summed E-state index contributed by atoms with van der Waals surface area (Å²) >= 11 is 1.63. The molecule has 0 aliphatic rings. The van der Waals surface area contributed by atoms with Gasteiger partial charge in [-0.2, -0.15) is 0 Å². The molecule has 2 aromatic carbocycles. The van der Waals surface area contributed by atoms with Crippen LogP contribution in [-0.4, -0.2) is 10.9 Å². The zero-order valence-corrected chi connectivity index (χ0v) is 13.7. The van der Waals surface area contributed by atoms with Gasteiger partial charge < -0.3 is 5.32 Å². The number of aryl methyl sites for hydroxylation is 1. The molecular weight excluding hydrogens is 292 g/mol. The minimum Gasteiger partial charge on any atom is -0.322 e. The van der Waals surface area contributed by atoms with Gasteiger partial charge in [0.05, 0.1) is 15.2 Å². The number of thiazole rings is 1. The van der Waals surface area contributed by atoms with Crippen LogP contribution in [0.25, 0.3) is 10.2 Å². The SMILES string of the molecule is Cc1nc2ccc(NC(=O)c3ccc(C(C)C)cc3)cc2s1. The van der Waals surface area contributed by atoms with Gasteiger partial charge in [-0.15, -0.1) is 11.3 Å². The Balaban J connectivity index is 1.79. The highest BCUT2D eigenvalue weighted by Gasteiger charge is 2.08. The summed E-state index contributed by atoms with van der Waals surface area (Å²) in [5.41, 5.74) is 3.68. The standard InChI is InChI=1S/C18H18N2OS/c1-11(2)13-4-6-14(7-5-13)18(21)20-15-8-9-16-17(10-15)22-12(3)19-16/h4-11H,1-3H3,(H,20,21). The van der Waals surface area contributed by atoms with Crippen molar-refractivity contribution in [3.8, 4) is 0 Å². The number of fused-ring (bicyclic) bond motifs is 1. The van der Waals surface area contributed by atoms with Crippen molar-refractivity contribution in [2.75, 3.05) is 5.32 Å². The summed E-state index contributed by atoms with van der Waals surface area (Å²) in [6, 6.07) is 13.6. The number of nitrogens with zero attached hydrogens (tertiary/aromatic N) is 1. The topological polar surface area (TPSA) is 42.0 Å². The number of anilines is 1. The molecule has 0 saturated heterocycles. The van der Waals surface area contributed by atoms with Crippen LogP contribution in [0, 0.1) is 6.92 Å². The van der Waals surface area contributed by atoms with Gasteiger partial charge in [-0.25, -0.2) is 4.98 Å². The summed E-state index contributed by atoms with van der Waals surface area (Å²) in [6.45, 7) is 6.27. The van der Waals surface area contributed by atoms with Crippen LogP contribution in [-0.2, 0) is 0 Å². The van der Waals surface area contributed by atoms with Crippen molar-refractivity contribution in [3.63, 3.8) is 0 Å². The third-order valence-corrected chi connectivity index (χ3v) is 4.53. The number of hydrogen-bond donors (Lipinski definition) is 1. The number of carbonyl (C=O) groups excluding carboxylic acids is 1. The van der Waals surface area contributed by atoms with Crippen molar-refractivity contribution in [1.29, 1.82) is 0 Å². The van der Waals surface area contributed by atoms with Crippen molar-refractivity contribution in [1.82, 2.24) is 4.98 Å². The van der Waals surface area contributed by atoms with E-state index in [0.717, 1.165) is 20.9 Å². The Hall–Kier alpha value is -2.20. The van der Waals surface area contributed by atoms with E-state index in [-0.39, 0.29) is 5.91 Å². The zero-order valence-electron chi connectivity index (χ0n) is 12.9. The van der Waals surface area contributed by atoms with Gasteiger partial charge in [-0.1, -0.05) is 26.0 Å². The Bertz CT molecular complexity index is 819. The van der Waals surface area contributed by atoms with Gasteiger partial charge in [0.2, 0.25) is 0 Å². The molecular formula is C18H18N2OS. The number of aromatic nitrogens is 1. The minimum absolute atomic E-state index is 0.0871. The fraction of sp³-hybridized carbons (Fsp3) is 0.222. The Morgan fingerprint density at radius 2 is 1.86 bits per heavy atom. The van der Waals surface area contributed by atoms with E-state index in [0.29, 0.717) is 11.5 Å². The van der Waals surface area contributed by atoms with Crippen LogP contribution >= 0.6 is 11.3 Å². The molecule has 0 unspecified atom stereocenters. The Kier molecular flexibility index (Phi) is 3.94.